The Balaban J connectivity index is 1.99. The maximum Gasteiger partial charge on any atom is 0.333 e. The number of carbonyl (C=O) groups is 3. The number of nitrogens with one attached hydrogen (secondary N) is 1. The summed E-state index contributed by atoms with van der Waals surface area (Å²) in [7, 11) is 3.97. The number of nitrogens with zero attached hydrogens (tertiary/aromatic N) is 2. The molecule has 1 aliphatic rings. The molecule has 2 amide bonds. The number of benzene rings is 1. The van der Waals surface area contributed by atoms with Gasteiger partial charge in [0.1, 0.15) is 0 Å². The predicted octanol–water partition coefficient (Wildman–Crippen LogP) is 1.21. The quantitative estimate of drug-likeness (QED) is 0.657. The van der Waals surface area contributed by atoms with Gasteiger partial charge in [-0.2, -0.15) is 0 Å². The van der Waals surface area contributed by atoms with Gasteiger partial charge in [-0.3, -0.25) is 9.59 Å². The van der Waals surface area contributed by atoms with Crippen LogP contribution < -0.4 is 5.32 Å². The van der Waals surface area contributed by atoms with E-state index in [1.54, 1.807) is 36.1 Å². The molecule has 1 saturated heterocycles. The summed E-state index contributed by atoms with van der Waals surface area (Å²) in [5, 5.41) is 2.77. The smallest absolute Gasteiger partial charge is 0.333 e. The molecule has 27 heavy (non-hydrogen) atoms. The summed E-state index contributed by atoms with van der Waals surface area (Å²) >= 11 is 0. The molecular weight excluding hydrogens is 346 g/mol. The highest BCUT2D eigenvalue weighted by molar-refractivity contribution is 5.92. The van der Waals surface area contributed by atoms with Gasteiger partial charge in [-0.15, -0.1) is 0 Å². The van der Waals surface area contributed by atoms with Crippen molar-refractivity contribution in [3.8, 4) is 0 Å². The van der Waals surface area contributed by atoms with E-state index in [0.29, 0.717) is 18.7 Å². The van der Waals surface area contributed by atoms with E-state index in [1.807, 2.05) is 20.2 Å². The van der Waals surface area contributed by atoms with E-state index in [-0.39, 0.29) is 24.8 Å². The minimum Gasteiger partial charge on any atom is -0.464 e. The van der Waals surface area contributed by atoms with Gasteiger partial charge in [0, 0.05) is 19.5 Å². The van der Waals surface area contributed by atoms with Crippen LogP contribution in [0.2, 0.25) is 0 Å². The largest absolute Gasteiger partial charge is 0.464 e. The second kappa shape index (κ2) is 10.1. The van der Waals surface area contributed by atoms with Gasteiger partial charge < -0.3 is 19.9 Å². The van der Waals surface area contributed by atoms with Crippen LogP contribution in [0.15, 0.2) is 30.3 Å². The Morgan fingerprint density at radius 1 is 1.30 bits per heavy atom. The SMILES string of the molecule is CCOC(=O)C(NC(=O)C1CC(=O)N(CCCN(C)C)C1)c1ccccc1. The number of carbonyl (C=O) groups excluding carboxylic acids is 3. The van der Waals surface area contributed by atoms with E-state index < -0.39 is 17.9 Å². The van der Waals surface area contributed by atoms with Gasteiger partial charge in [0.2, 0.25) is 11.8 Å². The molecule has 148 valence electrons. The Morgan fingerprint density at radius 3 is 2.63 bits per heavy atom. The van der Waals surface area contributed by atoms with Gasteiger partial charge >= 0.3 is 5.97 Å². The number of ether oxygens (including phenoxy) is 1. The van der Waals surface area contributed by atoms with Gasteiger partial charge in [-0.1, -0.05) is 30.3 Å². The summed E-state index contributed by atoms with van der Waals surface area (Å²) in [5.74, 6) is -1.25. The maximum atomic E-state index is 12.7. The number of hydrogen-bond donors (Lipinski definition) is 1. The molecule has 0 radical (unpaired) electrons. The molecule has 7 heteroatoms. The van der Waals surface area contributed by atoms with Crippen LogP contribution in [0, 0.1) is 5.92 Å². The average molecular weight is 375 g/mol. The summed E-state index contributed by atoms with van der Waals surface area (Å²) in [6.45, 7) is 3.88. The first kappa shape index (κ1) is 20.9. The number of hydrogen-bond acceptors (Lipinski definition) is 5. The van der Waals surface area contributed by atoms with Crippen molar-refractivity contribution in [2.75, 3.05) is 40.3 Å². The van der Waals surface area contributed by atoms with E-state index in [1.165, 1.54) is 0 Å². The highest BCUT2D eigenvalue weighted by atomic mass is 16.5. The zero-order chi connectivity index (χ0) is 19.8. The third-order valence-corrected chi connectivity index (χ3v) is 4.56. The van der Waals surface area contributed by atoms with Gasteiger partial charge in [0.15, 0.2) is 6.04 Å². The van der Waals surface area contributed by atoms with Gasteiger partial charge in [-0.25, -0.2) is 4.79 Å². The minimum atomic E-state index is -0.864. The lowest BCUT2D eigenvalue weighted by Gasteiger charge is -2.20. The van der Waals surface area contributed by atoms with Crippen molar-refractivity contribution in [3.05, 3.63) is 35.9 Å². The van der Waals surface area contributed by atoms with Crippen LogP contribution in [0.1, 0.15) is 31.4 Å². The van der Waals surface area contributed by atoms with Crippen LogP contribution in [0.5, 0.6) is 0 Å². The molecule has 1 aromatic carbocycles. The first-order valence-corrected chi connectivity index (χ1v) is 9.36. The molecule has 1 aliphatic heterocycles. The second-order valence-corrected chi connectivity index (χ2v) is 7.00. The van der Waals surface area contributed by atoms with Gasteiger partial charge in [-0.05, 0) is 39.5 Å². The van der Waals surface area contributed by atoms with Crippen molar-refractivity contribution in [1.82, 2.24) is 15.1 Å². The van der Waals surface area contributed by atoms with Gasteiger partial charge in [0.25, 0.3) is 0 Å². The van der Waals surface area contributed by atoms with Gasteiger partial charge in [0.05, 0.1) is 12.5 Å². The summed E-state index contributed by atoms with van der Waals surface area (Å²) in [5.41, 5.74) is 0.663. The Kier molecular flexibility index (Phi) is 7.79. The molecule has 2 atom stereocenters. The van der Waals surface area contributed by atoms with Crippen molar-refractivity contribution >= 4 is 17.8 Å². The molecule has 7 nitrogen and oxygen atoms in total. The maximum absolute atomic E-state index is 12.7. The van der Waals surface area contributed by atoms with Crippen LogP contribution in [0.25, 0.3) is 0 Å². The van der Waals surface area contributed by atoms with E-state index in [9.17, 15) is 14.4 Å². The summed E-state index contributed by atoms with van der Waals surface area (Å²) in [4.78, 5) is 41.0. The highest BCUT2D eigenvalue weighted by Gasteiger charge is 2.36. The molecular formula is C20H29N3O4. The molecule has 0 aliphatic carbocycles. The standard InChI is InChI=1S/C20H29N3O4/c1-4-27-20(26)18(15-9-6-5-7-10-15)21-19(25)16-13-17(24)23(14-16)12-8-11-22(2)3/h5-7,9-10,16,18H,4,8,11-14H2,1-3H3,(H,21,25). The molecule has 0 saturated carbocycles. The number of likely N-dealkylation sites (tertiary alicyclic amines) is 1. The number of esters is 1. The Bertz CT molecular complexity index is 648. The second-order valence-electron chi connectivity index (χ2n) is 7.00. The van der Waals surface area contributed by atoms with Crippen molar-refractivity contribution < 1.29 is 19.1 Å². The van der Waals surface area contributed by atoms with Crippen LogP contribution >= 0.6 is 0 Å². The third kappa shape index (κ3) is 6.06. The molecule has 1 heterocycles. The van der Waals surface area contributed by atoms with E-state index in [0.717, 1.165) is 13.0 Å². The molecule has 1 fully saturated rings. The van der Waals surface area contributed by atoms with Crippen molar-refractivity contribution in [2.45, 2.75) is 25.8 Å². The molecule has 0 bridgehead atoms. The van der Waals surface area contributed by atoms with Crippen molar-refractivity contribution in [3.63, 3.8) is 0 Å². The fraction of sp³-hybridized carbons (Fsp3) is 0.550. The monoisotopic (exact) mass is 375 g/mol. The molecule has 1 N–H and O–H groups in total. The first-order valence-electron chi connectivity index (χ1n) is 9.36. The summed E-state index contributed by atoms with van der Waals surface area (Å²) < 4.78 is 5.10. The normalized spacial score (nSPS) is 17.9. The summed E-state index contributed by atoms with van der Waals surface area (Å²) in [6.07, 6.45) is 1.04. The first-order chi connectivity index (χ1) is 12.9. The molecule has 1 aromatic rings. The summed E-state index contributed by atoms with van der Waals surface area (Å²) in [6, 6.07) is 8.13. The van der Waals surface area contributed by atoms with Crippen LogP contribution in [0.3, 0.4) is 0 Å². The lowest BCUT2D eigenvalue weighted by atomic mass is 10.0. The lowest BCUT2D eigenvalue weighted by Crippen LogP contribution is -2.39. The van der Waals surface area contributed by atoms with Crippen LogP contribution in [-0.2, 0) is 19.1 Å². The van der Waals surface area contributed by atoms with E-state index in [4.69, 9.17) is 4.74 Å². The third-order valence-electron chi connectivity index (χ3n) is 4.56. The molecule has 0 spiro atoms. The van der Waals surface area contributed by atoms with E-state index in [2.05, 4.69) is 10.2 Å². The molecule has 2 rings (SSSR count). The van der Waals surface area contributed by atoms with Crippen LogP contribution in [0.4, 0.5) is 0 Å². The Labute approximate surface area is 160 Å². The molecule has 2 unspecified atom stereocenters. The Hall–Kier alpha value is -2.41. The fourth-order valence-electron chi connectivity index (χ4n) is 3.15. The minimum absolute atomic E-state index is 0.0127. The average Bonchev–Trinajstić information content (AvgIpc) is 3.01. The van der Waals surface area contributed by atoms with Crippen molar-refractivity contribution in [1.29, 1.82) is 0 Å². The molecule has 0 aromatic heterocycles. The Morgan fingerprint density at radius 2 is 2.00 bits per heavy atom. The predicted molar refractivity (Wildman–Crippen MR) is 102 cm³/mol. The van der Waals surface area contributed by atoms with Crippen molar-refractivity contribution in [2.24, 2.45) is 5.92 Å². The zero-order valence-electron chi connectivity index (χ0n) is 16.3. The number of amides is 2. The zero-order valence-corrected chi connectivity index (χ0v) is 16.3. The number of rotatable bonds is 9. The fourth-order valence-corrected chi connectivity index (χ4v) is 3.15. The van der Waals surface area contributed by atoms with Crippen LogP contribution in [-0.4, -0.2) is 67.9 Å². The van der Waals surface area contributed by atoms with E-state index >= 15 is 0 Å². The lowest BCUT2D eigenvalue weighted by molar-refractivity contribution is -0.148. The topological polar surface area (TPSA) is 78.9 Å². The highest BCUT2D eigenvalue weighted by Crippen LogP contribution is 2.21.